The zero-order chi connectivity index (χ0) is 24.2. The Kier molecular flexibility index (Phi) is 6.99. The minimum Gasteiger partial charge on any atom is -0.478 e. The SMILES string of the molecule is O=C(O)c1ccc(-n2cc(/C=N/Nc3ccc(Cl)cc3Cl)c(-c3ccc(B(O)O)cc3)n2)cc1. The van der Waals surface area contributed by atoms with Crippen molar-refractivity contribution in [2.24, 2.45) is 5.10 Å². The standard InChI is InChI=1S/C23H17BCl2N4O4/c25-18-7-10-21(20(26)11-18)28-27-12-16-13-30(19-8-3-15(4-9-19)23(31)32)29-22(16)14-1-5-17(6-2-14)24(33)34/h1-13,28,33-34H,(H,31,32)/b27-12+. The highest BCUT2D eigenvalue weighted by molar-refractivity contribution is 6.58. The number of carboxylic acids is 1. The minimum absolute atomic E-state index is 0.167. The summed E-state index contributed by atoms with van der Waals surface area (Å²) in [6.07, 6.45) is 3.32. The second-order valence-electron chi connectivity index (χ2n) is 7.22. The Morgan fingerprint density at radius 1 is 1.03 bits per heavy atom. The molecule has 1 heterocycles. The Hall–Kier alpha value is -3.63. The summed E-state index contributed by atoms with van der Waals surface area (Å²) in [6, 6.07) is 17.9. The number of carbonyl (C=O) groups is 1. The van der Waals surface area contributed by atoms with Crippen molar-refractivity contribution in [2.45, 2.75) is 0 Å². The quantitative estimate of drug-likeness (QED) is 0.177. The zero-order valence-electron chi connectivity index (χ0n) is 17.4. The van der Waals surface area contributed by atoms with E-state index in [9.17, 15) is 14.8 Å². The maximum absolute atomic E-state index is 11.1. The highest BCUT2D eigenvalue weighted by atomic mass is 35.5. The molecule has 1 aromatic heterocycles. The summed E-state index contributed by atoms with van der Waals surface area (Å²) in [5.41, 5.74) is 6.56. The third-order valence-corrected chi connectivity index (χ3v) is 5.47. The molecular formula is C23H17BCl2N4O4. The number of hydrogen-bond acceptors (Lipinski definition) is 6. The minimum atomic E-state index is -1.58. The Morgan fingerprint density at radius 2 is 1.74 bits per heavy atom. The van der Waals surface area contributed by atoms with Gasteiger partial charge in [0.1, 0.15) is 5.69 Å². The molecule has 34 heavy (non-hydrogen) atoms. The van der Waals surface area contributed by atoms with Gasteiger partial charge in [0.15, 0.2) is 0 Å². The average Bonchev–Trinajstić information content (AvgIpc) is 3.24. The highest BCUT2D eigenvalue weighted by Gasteiger charge is 2.15. The molecule has 0 bridgehead atoms. The van der Waals surface area contributed by atoms with E-state index in [4.69, 9.17) is 28.3 Å². The van der Waals surface area contributed by atoms with Gasteiger partial charge in [-0.1, -0.05) is 47.5 Å². The first-order valence-electron chi connectivity index (χ1n) is 9.96. The van der Waals surface area contributed by atoms with E-state index in [1.54, 1.807) is 71.7 Å². The lowest BCUT2D eigenvalue weighted by Gasteiger charge is -2.04. The number of aromatic carboxylic acids is 1. The number of hydrazone groups is 1. The van der Waals surface area contributed by atoms with Crippen LogP contribution in [0.3, 0.4) is 0 Å². The van der Waals surface area contributed by atoms with Crippen LogP contribution in [0.2, 0.25) is 10.0 Å². The van der Waals surface area contributed by atoms with Gasteiger partial charge in [0.05, 0.1) is 28.2 Å². The highest BCUT2D eigenvalue weighted by Crippen LogP contribution is 2.26. The van der Waals surface area contributed by atoms with Gasteiger partial charge in [0.2, 0.25) is 0 Å². The molecule has 0 saturated heterocycles. The van der Waals surface area contributed by atoms with E-state index in [0.717, 1.165) is 5.56 Å². The van der Waals surface area contributed by atoms with E-state index in [2.05, 4.69) is 15.6 Å². The molecule has 0 saturated carbocycles. The van der Waals surface area contributed by atoms with Crippen molar-refractivity contribution in [3.63, 3.8) is 0 Å². The van der Waals surface area contributed by atoms with Crippen molar-refractivity contribution in [1.29, 1.82) is 0 Å². The molecule has 4 aromatic rings. The average molecular weight is 495 g/mol. The third kappa shape index (κ3) is 5.29. The van der Waals surface area contributed by atoms with Crippen molar-refractivity contribution in [1.82, 2.24) is 9.78 Å². The molecule has 11 heteroatoms. The maximum Gasteiger partial charge on any atom is 0.488 e. The lowest BCUT2D eigenvalue weighted by molar-refractivity contribution is 0.0697. The molecule has 3 aromatic carbocycles. The first-order valence-corrected chi connectivity index (χ1v) is 10.7. The number of rotatable bonds is 7. The van der Waals surface area contributed by atoms with Gasteiger partial charge in [-0.05, 0) is 47.9 Å². The predicted molar refractivity (Wildman–Crippen MR) is 133 cm³/mol. The number of halogens is 2. The van der Waals surface area contributed by atoms with E-state index in [1.165, 1.54) is 12.1 Å². The molecule has 0 atom stereocenters. The fourth-order valence-electron chi connectivity index (χ4n) is 3.16. The van der Waals surface area contributed by atoms with Crippen LogP contribution in [0.5, 0.6) is 0 Å². The Bertz CT molecular complexity index is 1360. The molecule has 0 aliphatic heterocycles. The second kappa shape index (κ2) is 10.1. The smallest absolute Gasteiger partial charge is 0.478 e. The first kappa shape index (κ1) is 23.5. The van der Waals surface area contributed by atoms with Crippen LogP contribution in [0.4, 0.5) is 5.69 Å². The molecule has 0 unspecified atom stereocenters. The topological polar surface area (TPSA) is 120 Å². The van der Waals surface area contributed by atoms with Gasteiger partial charge in [-0.25, -0.2) is 9.48 Å². The molecule has 0 spiro atoms. The number of nitrogens with one attached hydrogen (secondary N) is 1. The molecule has 0 aliphatic carbocycles. The van der Waals surface area contributed by atoms with Crippen LogP contribution in [-0.4, -0.2) is 44.2 Å². The maximum atomic E-state index is 11.1. The fraction of sp³-hybridized carbons (Fsp3) is 0. The first-order chi connectivity index (χ1) is 16.3. The second-order valence-corrected chi connectivity index (χ2v) is 8.06. The molecule has 0 fully saturated rings. The number of anilines is 1. The van der Waals surface area contributed by atoms with E-state index in [-0.39, 0.29) is 5.56 Å². The van der Waals surface area contributed by atoms with Crippen LogP contribution < -0.4 is 10.9 Å². The van der Waals surface area contributed by atoms with Gasteiger partial charge in [0.25, 0.3) is 0 Å². The van der Waals surface area contributed by atoms with E-state index in [1.807, 2.05) is 0 Å². The summed E-state index contributed by atoms with van der Waals surface area (Å²) in [4.78, 5) is 11.1. The van der Waals surface area contributed by atoms with Gasteiger partial charge < -0.3 is 15.2 Å². The molecule has 0 amide bonds. The van der Waals surface area contributed by atoms with E-state index in [0.29, 0.717) is 38.1 Å². The summed E-state index contributed by atoms with van der Waals surface area (Å²) in [5.74, 6) is -1.02. The molecular weight excluding hydrogens is 478 g/mol. The van der Waals surface area contributed by atoms with Crippen molar-refractivity contribution in [3.05, 3.63) is 94.1 Å². The fourth-order valence-corrected chi connectivity index (χ4v) is 3.61. The van der Waals surface area contributed by atoms with Gasteiger partial charge in [-0.2, -0.15) is 10.2 Å². The summed E-state index contributed by atoms with van der Waals surface area (Å²) in [5, 5.41) is 37.7. The molecule has 4 rings (SSSR count). The number of benzene rings is 3. The van der Waals surface area contributed by atoms with Gasteiger partial charge in [-0.3, -0.25) is 5.43 Å². The monoisotopic (exact) mass is 494 g/mol. The largest absolute Gasteiger partial charge is 0.488 e. The third-order valence-electron chi connectivity index (χ3n) is 4.92. The van der Waals surface area contributed by atoms with Gasteiger partial charge in [0, 0.05) is 22.3 Å². The van der Waals surface area contributed by atoms with Crippen molar-refractivity contribution in [2.75, 3.05) is 5.43 Å². The van der Waals surface area contributed by atoms with Crippen LogP contribution in [0, 0.1) is 0 Å². The van der Waals surface area contributed by atoms with Crippen LogP contribution in [-0.2, 0) is 0 Å². The molecule has 170 valence electrons. The molecule has 8 nitrogen and oxygen atoms in total. The predicted octanol–water partition coefficient (Wildman–Crippen LogP) is 3.67. The number of hydrogen-bond donors (Lipinski definition) is 4. The zero-order valence-corrected chi connectivity index (χ0v) is 18.9. The van der Waals surface area contributed by atoms with E-state index >= 15 is 0 Å². The van der Waals surface area contributed by atoms with Crippen LogP contribution in [0.15, 0.2) is 78.0 Å². The Labute approximate surface area is 204 Å². The Morgan fingerprint density at radius 3 is 2.35 bits per heavy atom. The summed E-state index contributed by atoms with van der Waals surface area (Å²) in [6.45, 7) is 0. The lowest BCUT2D eigenvalue weighted by Crippen LogP contribution is -2.29. The normalized spacial score (nSPS) is 11.1. The lowest BCUT2D eigenvalue weighted by atomic mass is 9.80. The van der Waals surface area contributed by atoms with Crippen LogP contribution >= 0.6 is 23.2 Å². The summed E-state index contributed by atoms with van der Waals surface area (Å²) >= 11 is 12.1. The Balaban J connectivity index is 1.69. The number of nitrogens with zero attached hydrogens (tertiary/aromatic N) is 3. The van der Waals surface area contributed by atoms with Crippen molar-refractivity contribution < 1.29 is 19.9 Å². The summed E-state index contributed by atoms with van der Waals surface area (Å²) < 4.78 is 1.60. The number of aromatic nitrogens is 2. The molecule has 0 radical (unpaired) electrons. The van der Waals surface area contributed by atoms with E-state index < -0.39 is 13.1 Å². The van der Waals surface area contributed by atoms with Crippen LogP contribution in [0.25, 0.3) is 16.9 Å². The van der Waals surface area contributed by atoms with Crippen LogP contribution in [0.1, 0.15) is 15.9 Å². The van der Waals surface area contributed by atoms with Crippen molar-refractivity contribution >= 4 is 53.7 Å². The number of carboxylic acid groups (broad SMARTS) is 1. The summed E-state index contributed by atoms with van der Waals surface area (Å²) in [7, 11) is -1.58. The van der Waals surface area contributed by atoms with Crippen molar-refractivity contribution in [3.8, 4) is 16.9 Å². The molecule has 0 aliphatic rings. The molecule has 4 N–H and O–H groups in total. The van der Waals surface area contributed by atoms with Gasteiger partial charge in [-0.15, -0.1) is 0 Å². The van der Waals surface area contributed by atoms with Gasteiger partial charge >= 0.3 is 13.1 Å².